The van der Waals surface area contributed by atoms with E-state index in [2.05, 4.69) is 9.71 Å². The molecular formula is C21H15Cl2N3O3S. The number of aryl methyl sites for hydroxylation is 1. The monoisotopic (exact) mass is 459 g/mol. The number of nitrogens with one attached hydrogen (secondary N) is 1. The number of hydrogen-bond donors (Lipinski definition) is 1. The largest absolute Gasteiger partial charge is 0.280 e. The second kappa shape index (κ2) is 7.75. The van der Waals surface area contributed by atoms with Crippen molar-refractivity contribution >= 4 is 49.8 Å². The van der Waals surface area contributed by atoms with Crippen LogP contribution in [0.15, 0.2) is 76.4 Å². The van der Waals surface area contributed by atoms with E-state index in [1.807, 2.05) is 6.07 Å². The van der Waals surface area contributed by atoms with Crippen LogP contribution in [0.25, 0.3) is 16.6 Å². The van der Waals surface area contributed by atoms with Crippen LogP contribution in [0.4, 0.5) is 5.69 Å². The first-order chi connectivity index (χ1) is 14.3. The normalized spacial score (nSPS) is 11.6. The molecule has 0 aliphatic heterocycles. The molecule has 0 saturated heterocycles. The van der Waals surface area contributed by atoms with E-state index in [1.54, 1.807) is 49.4 Å². The number of halogens is 2. The zero-order valence-corrected chi connectivity index (χ0v) is 18.0. The lowest BCUT2D eigenvalue weighted by Gasteiger charge is -2.13. The second-order valence-corrected chi connectivity index (χ2v) is 9.05. The van der Waals surface area contributed by atoms with Gasteiger partial charge in [0.25, 0.3) is 15.6 Å². The number of sulfonamides is 1. The molecule has 152 valence electrons. The first-order valence-electron chi connectivity index (χ1n) is 8.83. The molecular weight excluding hydrogens is 445 g/mol. The second-order valence-electron chi connectivity index (χ2n) is 6.55. The molecule has 30 heavy (non-hydrogen) atoms. The van der Waals surface area contributed by atoms with Gasteiger partial charge in [0.2, 0.25) is 0 Å². The highest BCUT2D eigenvalue weighted by molar-refractivity contribution is 7.92. The van der Waals surface area contributed by atoms with E-state index in [0.29, 0.717) is 22.4 Å². The Hall–Kier alpha value is -2.87. The first kappa shape index (κ1) is 20.4. The maximum atomic E-state index is 13.0. The van der Waals surface area contributed by atoms with Crippen LogP contribution in [0, 0.1) is 6.92 Å². The van der Waals surface area contributed by atoms with Crippen molar-refractivity contribution in [2.45, 2.75) is 11.8 Å². The van der Waals surface area contributed by atoms with Gasteiger partial charge in [0.05, 0.1) is 37.2 Å². The van der Waals surface area contributed by atoms with E-state index >= 15 is 0 Å². The zero-order chi connectivity index (χ0) is 21.5. The van der Waals surface area contributed by atoms with E-state index in [4.69, 9.17) is 23.2 Å². The number of hydrogen-bond acceptors (Lipinski definition) is 4. The van der Waals surface area contributed by atoms with E-state index in [1.165, 1.54) is 22.8 Å². The molecule has 0 saturated carbocycles. The smallest absolute Gasteiger partial charge is 0.265 e. The Morgan fingerprint density at radius 1 is 0.933 bits per heavy atom. The predicted molar refractivity (Wildman–Crippen MR) is 119 cm³/mol. The van der Waals surface area contributed by atoms with Gasteiger partial charge in [0.1, 0.15) is 5.82 Å². The number of fused-ring (bicyclic) bond motifs is 1. The fourth-order valence-electron chi connectivity index (χ4n) is 3.11. The molecule has 0 atom stereocenters. The molecule has 3 aromatic carbocycles. The zero-order valence-electron chi connectivity index (χ0n) is 15.6. The number of para-hydroxylation sites is 1. The van der Waals surface area contributed by atoms with Crippen LogP contribution in [-0.4, -0.2) is 18.0 Å². The van der Waals surface area contributed by atoms with Crippen molar-refractivity contribution in [2.75, 3.05) is 4.72 Å². The van der Waals surface area contributed by atoms with Gasteiger partial charge in [-0.1, -0.05) is 41.4 Å². The summed E-state index contributed by atoms with van der Waals surface area (Å²) in [5, 5.41) is 0.874. The maximum absolute atomic E-state index is 13.0. The molecule has 1 aromatic heterocycles. The lowest BCUT2D eigenvalue weighted by atomic mass is 10.2. The molecule has 0 aliphatic rings. The predicted octanol–water partition coefficient (Wildman–Crippen LogP) is 4.80. The van der Waals surface area contributed by atoms with E-state index in [9.17, 15) is 13.2 Å². The molecule has 6 nitrogen and oxygen atoms in total. The Morgan fingerprint density at radius 3 is 2.47 bits per heavy atom. The minimum absolute atomic E-state index is 0.0250. The molecule has 0 bridgehead atoms. The number of nitrogens with zero attached hydrogens (tertiary/aromatic N) is 2. The topological polar surface area (TPSA) is 81.1 Å². The minimum Gasteiger partial charge on any atom is -0.280 e. The van der Waals surface area contributed by atoms with Gasteiger partial charge in [-0.25, -0.2) is 13.4 Å². The summed E-state index contributed by atoms with van der Waals surface area (Å²) in [5.41, 5.74) is 1.15. The molecule has 0 unspecified atom stereocenters. The molecule has 0 aliphatic carbocycles. The molecule has 0 fully saturated rings. The van der Waals surface area contributed by atoms with Crippen molar-refractivity contribution in [1.29, 1.82) is 0 Å². The summed E-state index contributed by atoms with van der Waals surface area (Å²) < 4.78 is 29.4. The van der Waals surface area contributed by atoms with Gasteiger partial charge in [0, 0.05) is 0 Å². The Morgan fingerprint density at radius 2 is 1.70 bits per heavy atom. The Bertz CT molecular complexity index is 1450. The van der Waals surface area contributed by atoms with Gasteiger partial charge < -0.3 is 0 Å². The van der Waals surface area contributed by atoms with Crippen LogP contribution in [0.2, 0.25) is 10.0 Å². The molecule has 1 N–H and O–H groups in total. The van der Waals surface area contributed by atoms with Crippen LogP contribution in [0.3, 0.4) is 0 Å². The minimum atomic E-state index is -3.90. The van der Waals surface area contributed by atoms with Gasteiger partial charge in [-0.05, 0) is 55.5 Å². The summed E-state index contributed by atoms with van der Waals surface area (Å²) in [5.74, 6) is 0.489. The number of rotatable bonds is 4. The summed E-state index contributed by atoms with van der Waals surface area (Å²) in [6, 6.07) is 17.6. The highest BCUT2D eigenvalue weighted by Gasteiger charge is 2.17. The summed E-state index contributed by atoms with van der Waals surface area (Å²) in [4.78, 5) is 17.4. The van der Waals surface area contributed by atoms with Crippen LogP contribution < -0.4 is 10.3 Å². The number of anilines is 1. The molecule has 0 radical (unpaired) electrons. The average molecular weight is 460 g/mol. The summed E-state index contributed by atoms with van der Waals surface area (Å²) >= 11 is 11.8. The Kier molecular flexibility index (Phi) is 5.27. The van der Waals surface area contributed by atoms with Crippen molar-refractivity contribution in [3.05, 3.63) is 93.0 Å². The highest BCUT2D eigenvalue weighted by Crippen LogP contribution is 2.26. The lowest BCUT2D eigenvalue weighted by molar-refractivity contribution is 0.601. The third kappa shape index (κ3) is 3.79. The number of aromatic nitrogens is 2. The lowest BCUT2D eigenvalue weighted by Crippen LogP contribution is -2.22. The summed E-state index contributed by atoms with van der Waals surface area (Å²) in [6.45, 7) is 1.72. The Balaban J connectivity index is 1.76. The third-order valence-electron chi connectivity index (χ3n) is 4.50. The van der Waals surface area contributed by atoms with E-state index in [0.717, 1.165) is 0 Å². The SMILES string of the molecule is Cc1nc2ccccc2c(=O)n1-c1cccc(NS(=O)(=O)c2ccc(Cl)c(Cl)c2)c1. The molecule has 9 heteroatoms. The fourth-order valence-corrected chi connectivity index (χ4v) is 4.55. The van der Waals surface area contributed by atoms with Crippen molar-refractivity contribution in [3.63, 3.8) is 0 Å². The maximum Gasteiger partial charge on any atom is 0.265 e. The number of benzene rings is 3. The fraction of sp³-hybridized carbons (Fsp3) is 0.0476. The van der Waals surface area contributed by atoms with Crippen LogP contribution in [-0.2, 0) is 10.0 Å². The molecule has 4 rings (SSSR count). The van der Waals surface area contributed by atoms with Gasteiger partial charge in [-0.2, -0.15) is 0 Å². The third-order valence-corrected chi connectivity index (χ3v) is 6.62. The van der Waals surface area contributed by atoms with Crippen LogP contribution in [0.1, 0.15) is 5.82 Å². The summed E-state index contributed by atoms with van der Waals surface area (Å²) in [6.07, 6.45) is 0. The standard InChI is InChI=1S/C21H15Cl2N3O3S/c1-13-24-20-8-3-2-7-17(20)21(27)26(13)15-6-4-5-14(11-15)25-30(28,29)16-9-10-18(22)19(23)12-16/h2-12,25H,1H3. The van der Waals surface area contributed by atoms with Crippen molar-refractivity contribution < 1.29 is 8.42 Å². The molecule has 0 spiro atoms. The summed E-state index contributed by atoms with van der Waals surface area (Å²) in [7, 11) is -3.90. The van der Waals surface area contributed by atoms with E-state index < -0.39 is 10.0 Å². The molecule has 4 aromatic rings. The van der Waals surface area contributed by atoms with Crippen molar-refractivity contribution in [3.8, 4) is 5.69 Å². The van der Waals surface area contributed by atoms with Gasteiger partial charge >= 0.3 is 0 Å². The Labute approximate surface area is 182 Å². The quantitative estimate of drug-likeness (QED) is 0.474. The van der Waals surface area contributed by atoms with Crippen molar-refractivity contribution in [2.24, 2.45) is 0 Å². The van der Waals surface area contributed by atoms with Crippen molar-refractivity contribution in [1.82, 2.24) is 9.55 Å². The molecule has 1 heterocycles. The van der Waals surface area contributed by atoms with E-state index in [-0.39, 0.29) is 26.2 Å². The van der Waals surface area contributed by atoms with Gasteiger partial charge in [-0.3, -0.25) is 14.1 Å². The van der Waals surface area contributed by atoms with Crippen LogP contribution >= 0.6 is 23.2 Å². The van der Waals surface area contributed by atoms with Gasteiger partial charge in [0.15, 0.2) is 0 Å². The first-order valence-corrected chi connectivity index (χ1v) is 11.1. The molecule has 0 amide bonds. The highest BCUT2D eigenvalue weighted by atomic mass is 35.5. The van der Waals surface area contributed by atoms with Gasteiger partial charge in [-0.15, -0.1) is 0 Å². The van der Waals surface area contributed by atoms with Crippen LogP contribution in [0.5, 0.6) is 0 Å². The average Bonchev–Trinajstić information content (AvgIpc) is 2.70.